The molecule has 1 aliphatic heterocycles. The van der Waals surface area contributed by atoms with Gasteiger partial charge >= 0.3 is 0 Å². The number of piperidine rings is 1. The van der Waals surface area contributed by atoms with Crippen LogP contribution in [0.15, 0.2) is 23.0 Å². The zero-order valence-electron chi connectivity index (χ0n) is 25.8. The SMILES string of the molecule is [2H]C([2H])([2H])c1nc2cccc(NCCCCCCCNC34CC5CC(CC(C5)C3)C4)c2c(=O)n1C1CCC(=O)NC1=O. The van der Waals surface area contributed by atoms with E-state index >= 15 is 0 Å². The molecule has 210 valence electrons. The molecule has 4 aliphatic carbocycles. The summed E-state index contributed by atoms with van der Waals surface area (Å²) in [7, 11) is 0. The van der Waals surface area contributed by atoms with E-state index < -0.39 is 36.1 Å². The van der Waals surface area contributed by atoms with Crippen LogP contribution in [0, 0.1) is 24.6 Å². The molecular weight excluding hydrogens is 490 g/mol. The lowest BCUT2D eigenvalue weighted by atomic mass is 9.53. The molecule has 4 saturated carbocycles. The summed E-state index contributed by atoms with van der Waals surface area (Å²) in [6.45, 7) is -0.919. The fraction of sp³-hybridized carbons (Fsp3) is 0.677. The number of fused-ring (bicyclic) bond motifs is 1. The molecule has 1 unspecified atom stereocenters. The number of nitrogens with zero attached hydrogens (tertiary/aromatic N) is 2. The number of rotatable bonds is 11. The molecule has 2 amide bonds. The zero-order chi connectivity index (χ0) is 29.5. The van der Waals surface area contributed by atoms with Crippen LogP contribution in [-0.4, -0.2) is 40.0 Å². The molecule has 1 atom stereocenters. The van der Waals surface area contributed by atoms with Gasteiger partial charge in [0.2, 0.25) is 11.8 Å². The summed E-state index contributed by atoms with van der Waals surface area (Å²) in [6, 6.07) is 4.04. The quantitative estimate of drug-likeness (QED) is 0.286. The summed E-state index contributed by atoms with van der Waals surface area (Å²) >= 11 is 0. The van der Waals surface area contributed by atoms with Crippen LogP contribution in [0.1, 0.15) is 99.4 Å². The lowest BCUT2D eigenvalue weighted by Crippen LogP contribution is -2.58. The molecule has 2 aromatic rings. The molecule has 39 heavy (non-hydrogen) atoms. The van der Waals surface area contributed by atoms with Crippen molar-refractivity contribution in [3.63, 3.8) is 0 Å². The molecule has 8 heteroatoms. The van der Waals surface area contributed by atoms with Crippen molar-refractivity contribution in [2.24, 2.45) is 17.8 Å². The third kappa shape index (κ3) is 5.49. The number of anilines is 1. The van der Waals surface area contributed by atoms with Gasteiger partial charge < -0.3 is 10.6 Å². The fourth-order valence-corrected chi connectivity index (χ4v) is 8.29. The predicted molar refractivity (Wildman–Crippen MR) is 153 cm³/mol. The lowest BCUT2D eigenvalue weighted by molar-refractivity contribution is -0.135. The van der Waals surface area contributed by atoms with Gasteiger partial charge in [-0.25, -0.2) is 4.98 Å². The Labute approximate surface area is 234 Å². The average molecular weight is 537 g/mol. The molecule has 5 aliphatic rings. The minimum atomic E-state index is -2.71. The molecule has 3 N–H and O–H groups in total. The highest BCUT2D eigenvalue weighted by Gasteiger charge is 2.50. The second kappa shape index (κ2) is 11.0. The highest BCUT2D eigenvalue weighted by Crippen LogP contribution is 2.55. The van der Waals surface area contributed by atoms with Gasteiger partial charge in [-0.05, 0) is 101 Å². The molecule has 1 aromatic heterocycles. The van der Waals surface area contributed by atoms with Crippen LogP contribution in [-0.2, 0) is 9.59 Å². The highest BCUT2D eigenvalue weighted by molar-refractivity contribution is 5.99. The van der Waals surface area contributed by atoms with E-state index in [1.165, 1.54) is 51.4 Å². The minimum Gasteiger partial charge on any atom is -0.384 e. The first kappa shape index (κ1) is 23.0. The van der Waals surface area contributed by atoms with Crippen molar-refractivity contribution < 1.29 is 13.7 Å². The molecule has 8 nitrogen and oxygen atoms in total. The topological polar surface area (TPSA) is 105 Å². The fourth-order valence-electron chi connectivity index (χ4n) is 8.29. The van der Waals surface area contributed by atoms with Gasteiger partial charge in [-0.1, -0.05) is 25.3 Å². The number of benzene rings is 1. The summed E-state index contributed by atoms with van der Waals surface area (Å²) < 4.78 is 24.9. The minimum absolute atomic E-state index is 0.0273. The van der Waals surface area contributed by atoms with Crippen LogP contribution in [0.4, 0.5) is 5.69 Å². The number of carbonyl (C=O) groups is 2. The Morgan fingerprint density at radius 3 is 2.38 bits per heavy atom. The van der Waals surface area contributed by atoms with Crippen LogP contribution in [0.25, 0.3) is 10.9 Å². The van der Waals surface area contributed by atoms with Crippen molar-refractivity contribution in [2.75, 3.05) is 18.4 Å². The largest absolute Gasteiger partial charge is 0.384 e. The van der Waals surface area contributed by atoms with E-state index in [0.29, 0.717) is 17.8 Å². The van der Waals surface area contributed by atoms with Gasteiger partial charge in [-0.2, -0.15) is 0 Å². The van der Waals surface area contributed by atoms with Crippen molar-refractivity contribution in [3.05, 3.63) is 34.4 Å². The van der Waals surface area contributed by atoms with E-state index in [1.54, 1.807) is 18.2 Å². The normalized spacial score (nSPS) is 31.1. The van der Waals surface area contributed by atoms with Crippen molar-refractivity contribution in [3.8, 4) is 0 Å². The number of aromatic nitrogens is 2. The number of amides is 2. The number of aryl methyl sites for hydroxylation is 1. The summed E-state index contributed by atoms with van der Waals surface area (Å²) in [6.07, 6.45) is 14.3. The van der Waals surface area contributed by atoms with Crippen molar-refractivity contribution in [1.29, 1.82) is 0 Å². The van der Waals surface area contributed by atoms with E-state index in [9.17, 15) is 14.4 Å². The maximum Gasteiger partial charge on any atom is 0.264 e. The smallest absolute Gasteiger partial charge is 0.264 e. The number of unbranched alkanes of at least 4 members (excludes halogenated alkanes) is 4. The second-order valence-corrected chi connectivity index (χ2v) is 12.6. The maximum atomic E-state index is 13.7. The molecule has 4 bridgehead atoms. The molecule has 7 rings (SSSR count). The first-order valence-corrected chi connectivity index (χ1v) is 15.0. The van der Waals surface area contributed by atoms with E-state index in [1.807, 2.05) is 0 Å². The average Bonchev–Trinajstić information content (AvgIpc) is 2.91. The number of carbonyl (C=O) groups excluding carboxylic acids is 2. The number of nitrogens with one attached hydrogen (secondary N) is 3. The number of imide groups is 1. The van der Waals surface area contributed by atoms with Crippen molar-refractivity contribution in [2.45, 2.75) is 102 Å². The van der Waals surface area contributed by atoms with Gasteiger partial charge in [-0.15, -0.1) is 0 Å². The Morgan fingerprint density at radius 2 is 1.69 bits per heavy atom. The lowest BCUT2D eigenvalue weighted by Gasteiger charge is -2.57. The Morgan fingerprint density at radius 1 is 1.00 bits per heavy atom. The number of hydrogen-bond donors (Lipinski definition) is 3. The van der Waals surface area contributed by atoms with Crippen LogP contribution in [0.3, 0.4) is 0 Å². The molecule has 1 saturated heterocycles. The van der Waals surface area contributed by atoms with Crippen LogP contribution in [0.5, 0.6) is 0 Å². The van der Waals surface area contributed by atoms with Gasteiger partial charge in [0.05, 0.1) is 10.9 Å². The van der Waals surface area contributed by atoms with Crippen LogP contribution in [0.2, 0.25) is 0 Å². The molecule has 1 aromatic carbocycles. The third-order valence-corrected chi connectivity index (χ3v) is 9.66. The summed E-state index contributed by atoms with van der Waals surface area (Å²) in [5, 5.41) is 9.82. The van der Waals surface area contributed by atoms with Gasteiger partial charge in [0.15, 0.2) is 0 Å². The predicted octanol–water partition coefficient (Wildman–Crippen LogP) is 4.60. The zero-order valence-corrected chi connectivity index (χ0v) is 22.8. The van der Waals surface area contributed by atoms with Gasteiger partial charge in [0, 0.05) is 28.3 Å². The monoisotopic (exact) mass is 536 g/mol. The molecule has 2 heterocycles. The third-order valence-electron chi connectivity index (χ3n) is 9.66. The van der Waals surface area contributed by atoms with Gasteiger partial charge in [0.25, 0.3) is 5.56 Å². The molecule has 0 radical (unpaired) electrons. The maximum absolute atomic E-state index is 13.7. The van der Waals surface area contributed by atoms with Crippen molar-refractivity contribution >= 4 is 28.4 Å². The first-order valence-electron chi connectivity index (χ1n) is 16.5. The van der Waals surface area contributed by atoms with E-state index in [0.717, 1.165) is 48.1 Å². The summed E-state index contributed by atoms with van der Waals surface area (Å²) in [5.74, 6) is 1.35. The van der Waals surface area contributed by atoms with E-state index in [2.05, 4.69) is 20.9 Å². The first-order chi connectivity index (χ1) is 20.1. The molecule has 5 fully saturated rings. The molecule has 0 spiro atoms. The Bertz CT molecular complexity index is 1370. The van der Waals surface area contributed by atoms with Crippen LogP contribution < -0.4 is 21.5 Å². The highest BCUT2D eigenvalue weighted by atomic mass is 16.2. The van der Waals surface area contributed by atoms with Crippen molar-refractivity contribution in [1.82, 2.24) is 20.2 Å². The van der Waals surface area contributed by atoms with Gasteiger partial charge in [0.1, 0.15) is 11.9 Å². The Balaban J connectivity index is 1.03. The van der Waals surface area contributed by atoms with E-state index in [-0.39, 0.29) is 23.7 Å². The van der Waals surface area contributed by atoms with Gasteiger partial charge in [-0.3, -0.25) is 24.3 Å². The van der Waals surface area contributed by atoms with E-state index in [4.69, 9.17) is 4.11 Å². The summed E-state index contributed by atoms with van der Waals surface area (Å²) in [4.78, 5) is 42.4. The second-order valence-electron chi connectivity index (χ2n) is 12.6. The Hall–Kier alpha value is -2.74. The Kier molecular flexibility index (Phi) is 6.51. The number of hydrogen-bond acceptors (Lipinski definition) is 6. The standard InChI is InChI=1S/C31H43N5O3/c1-20-34-25-9-7-8-24(28(25)30(39)36(20)26-10-11-27(37)35-29(26)38)32-12-5-3-2-4-6-13-33-31-17-21-14-22(18-31)16-23(15-21)19-31/h7-9,21-23,26,32-33H,2-6,10-19H2,1H3,(H,35,37,38)/i1D3. The summed E-state index contributed by atoms with van der Waals surface area (Å²) in [5.41, 5.74) is 0.692. The molecular formula is C31H43N5O3. The van der Waals surface area contributed by atoms with Crippen LogP contribution >= 0.6 is 0 Å².